The highest BCUT2D eigenvalue weighted by Crippen LogP contribution is 2.29. The van der Waals surface area contributed by atoms with Crippen LogP contribution in [0.15, 0.2) is 30.3 Å². The molecule has 0 aliphatic carbocycles. The summed E-state index contributed by atoms with van der Waals surface area (Å²) in [5, 5.41) is 0. The van der Waals surface area contributed by atoms with Crippen molar-refractivity contribution in [3.05, 3.63) is 41.7 Å². The van der Waals surface area contributed by atoms with Crippen molar-refractivity contribution in [2.75, 3.05) is 40.3 Å². The van der Waals surface area contributed by atoms with Gasteiger partial charge in [-0.2, -0.15) is 0 Å². The van der Waals surface area contributed by atoms with E-state index in [9.17, 15) is 14.0 Å². The normalized spacial score (nSPS) is 23.5. The Balaban J connectivity index is 1.62. The molecule has 2 atom stereocenters. The van der Waals surface area contributed by atoms with E-state index in [0.717, 1.165) is 38.0 Å². The standard InChI is InChI=1S/C20H26FN3O2/c1-22(2)19(25)14-24-18-10-7-16(20(24)26)12-23(13-18)11-3-4-15-5-8-17(21)9-6-15/h3-6,8-9,16,18H,7,10-14H2,1-2H3/t16-,18+/m0/s1. The fourth-order valence-corrected chi connectivity index (χ4v) is 3.69. The van der Waals surface area contributed by atoms with Gasteiger partial charge in [0.2, 0.25) is 11.8 Å². The maximum absolute atomic E-state index is 13.0. The summed E-state index contributed by atoms with van der Waals surface area (Å²) in [6, 6.07) is 6.49. The Labute approximate surface area is 154 Å². The van der Waals surface area contributed by atoms with E-state index >= 15 is 0 Å². The van der Waals surface area contributed by atoms with Crippen LogP contribution in [0.1, 0.15) is 18.4 Å². The first-order valence-corrected chi connectivity index (χ1v) is 9.09. The first-order chi connectivity index (χ1) is 12.4. The maximum atomic E-state index is 13.0. The third-order valence-electron chi connectivity index (χ3n) is 5.22. The number of piperidine rings is 1. The van der Waals surface area contributed by atoms with Gasteiger partial charge in [-0.3, -0.25) is 14.5 Å². The van der Waals surface area contributed by atoms with Crippen LogP contribution in [-0.4, -0.2) is 72.8 Å². The van der Waals surface area contributed by atoms with E-state index in [1.54, 1.807) is 31.1 Å². The molecule has 140 valence electrons. The Morgan fingerprint density at radius 1 is 1.23 bits per heavy atom. The number of hydrogen-bond acceptors (Lipinski definition) is 3. The predicted molar refractivity (Wildman–Crippen MR) is 98.8 cm³/mol. The number of hydrogen-bond donors (Lipinski definition) is 0. The van der Waals surface area contributed by atoms with Crippen LogP contribution >= 0.6 is 0 Å². The molecular weight excluding hydrogens is 333 g/mol. The smallest absolute Gasteiger partial charge is 0.241 e. The quantitative estimate of drug-likeness (QED) is 0.806. The Hall–Kier alpha value is -2.21. The molecule has 0 radical (unpaired) electrons. The molecule has 5 nitrogen and oxygen atoms in total. The summed E-state index contributed by atoms with van der Waals surface area (Å²) >= 11 is 0. The van der Waals surface area contributed by atoms with Crippen molar-refractivity contribution in [1.29, 1.82) is 0 Å². The van der Waals surface area contributed by atoms with E-state index in [1.807, 2.05) is 6.08 Å². The van der Waals surface area contributed by atoms with Crippen molar-refractivity contribution in [1.82, 2.24) is 14.7 Å². The lowest BCUT2D eigenvalue weighted by Crippen LogP contribution is -2.51. The lowest BCUT2D eigenvalue weighted by molar-refractivity contribution is -0.145. The van der Waals surface area contributed by atoms with E-state index in [1.165, 1.54) is 17.0 Å². The highest BCUT2D eigenvalue weighted by molar-refractivity contribution is 5.86. The van der Waals surface area contributed by atoms with Crippen LogP contribution in [0.3, 0.4) is 0 Å². The van der Waals surface area contributed by atoms with Crippen LogP contribution in [0, 0.1) is 11.7 Å². The number of benzene rings is 1. The Morgan fingerprint density at radius 2 is 1.96 bits per heavy atom. The minimum atomic E-state index is -0.239. The van der Waals surface area contributed by atoms with Gasteiger partial charge in [-0.1, -0.05) is 24.3 Å². The molecule has 3 fully saturated rings. The number of nitrogens with zero attached hydrogens (tertiary/aromatic N) is 3. The van der Waals surface area contributed by atoms with E-state index < -0.39 is 0 Å². The highest BCUT2D eigenvalue weighted by Gasteiger charge is 2.41. The molecule has 3 saturated heterocycles. The molecule has 1 aromatic carbocycles. The summed E-state index contributed by atoms with van der Waals surface area (Å²) in [4.78, 5) is 30.4. The third-order valence-corrected chi connectivity index (χ3v) is 5.22. The number of fused-ring (bicyclic) bond motifs is 4. The minimum absolute atomic E-state index is 0.0251. The molecule has 6 heteroatoms. The molecule has 3 aliphatic rings. The predicted octanol–water partition coefficient (Wildman–Crippen LogP) is 1.85. The maximum Gasteiger partial charge on any atom is 0.241 e. The summed E-state index contributed by atoms with van der Waals surface area (Å²) in [6.07, 6.45) is 5.88. The van der Waals surface area contributed by atoms with Crippen LogP contribution in [0.25, 0.3) is 6.08 Å². The molecule has 3 aliphatic heterocycles. The number of carbonyl (C=O) groups is 2. The van der Waals surface area contributed by atoms with Gasteiger partial charge < -0.3 is 9.80 Å². The van der Waals surface area contributed by atoms with Crippen LogP contribution < -0.4 is 0 Å². The zero-order valence-electron chi connectivity index (χ0n) is 15.4. The van der Waals surface area contributed by atoms with Gasteiger partial charge in [-0.05, 0) is 30.5 Å². The van der Waals surface area contributed by atoms with Crippen molar-refractivity contribution >= 4 is 17.9 Å². The number of halogens is 1. The highest BCUT2D eigenvalue weighted by atomic mass is 19.1. The van der Waals surface area contributed by atoms with E-state index in [-0.39, 0.29) is 36.1 Å². The van der Waals surface area contributed by atoms with Crippen LogP contribution in [-0.2, 0) is 9.59 Å². The van der Waals surface area contributed by atoms with Crippen LogP contribution in [0.4, 0.5) is 4.39 Å². The fourth-order valence-electron chi connectivity index (χ4n) is 3.69. The van der Waals surface area contributed by atoms with Gasteiger partial charge in [-0.25, -0.2) is 4.39 Å². The van der Waals surface area contributed by atoms with Gasteiger partial charge in [0.15, 0.2) is 0 Å². The van der Waals surface area contributed by atoms with Crippen LogP contribution in [0.2, 0.25) is 0 Å². The topological polar surface area (TPSA) is 43.9 Å². The summed E-state index contributed by atoms with van der Waals surface area (Å²) in [6.45, 7) is 2.44. The van der Waals surface area contributed by atoms with Crippen molar-refractivity contribution in [2.24, 2.45) is 5.92 Å². The van der Waals surface area contributed by atoms with E-state index in [0.29, 0.717) is 0 Å². The second-order valence-electron chi connectivity index (χ2n) is 7.35. The molecule has 1 aromatic rings. The second kappa shape index (κ2) is 7.99. The van der Waals surface area contributed by atoms with Crippen LogP contribution in [0.5, 0.6) is 0 Å². The molecule has 0 unspecified atom stereocenters. The lowest BCUT2D eigenvalue weighted by Gasteiger charge is -2.36. The summed E-state index contributed by atoms with van der Waals surface area (Å²) in [5.41, 5.74) is 0.957. The number of carbonyl (C=O) groups excluding carboxylic acids is 2. The fraction of sp³-hybridized carbons (Fsp3) is 0.500. The van der Waals surface area contributed by atoms with Crippen molar-refractivity contribution < 1.29 is 14.0 Å². The van der Waals surface area contributed by atoms with Gasteiger partial charge in [0.05, 0.1) is 5.92 Å². The average Bonchev–Trinajstić information content (AvgIpc) is 2.88. The van der Waals surface area contributed by atoms with E-state index in [4.69, 9.17) is 0 Å². The molecular formula is C20H26FN3O2. The van der Waals surface area contributed by atoms with Crippen molar-refractivity contribution in [3.63, 3.8) is 0 Å². The average molecular weight is 359 g/mol. The second-order valence-corrected chi connectivity index (χ2v) is 7.35. The minimum Gasteiger partial charge on any atom is -0.347 e. The van der Waals surface area contributed by atoms with E-state index in [2.05, 4.69) is 11.0 Å². The largest absolute Gasteiger partial charge is 0.347 e. The third kappa shape index (κ3) is 4.30. The number of likely N-dealkylation sites (N-methyl/N-ethyl adjacent to an activating group) is 1. The summed E-state index contributed by atoms with van der Waals surface area (Å²) in [5.74, 6) is -0.185. The molecule has 3 heterocycles. The molecule has 4 rings (SSSR count). The van der Waals surface area contributed by atoms with Gasteiger partial charge in [0.25, 0.3) is 0 Å². The Bertz CT molecular complexity index is 687. The number of amides is 2. The Morgan fingerprint density at radius 3 is 2.65 bits per heavy atom. The van der Waals surface area contributed by atoms with Gasteiger partial charge in [-0.15, -0.1) is 0 Å². The molecule has 2 bridgehead atoms. The van der Waals surface area contributed by atoms with Gasteiger partial charge >= 0.3 is 0 Å². The Kier molecular flexibility index (Phi) is 5.71. The first kappa shape index (κ1) is 18.6. The zero-order chi connectivity index (χ0) is 18.7. The SMILES string of the molecule is CN(C)C(=O)CN1C(=O)[C@H]2CC[C@@H]1CN(CC=Cc1ccc(F)cc1)C2. The molecule has 0 spiro atoms. The molecule has 26 heavy (non-hydrogen) atoms. The molecule has 0 N–H and O–H groups in total. The number of rotatable bonds is 5. The monoisotopic (exact) mass is 359 g/mol. The molecule has 0 aromatic heterocycles. The van der Waals surface area contributed by atoms with Gasteiger partial charge in [0, 0.05) is 39.8 Å². The van der Waals surface area contributed by atoms with Gasteiger partial charge in [0.1, 0.15) is 12.4 Å². The zero-order valence-corrected chi connectivity index (χ0v) is 15.4. The first-order valence-electron chi connectivity index (χ1n) is 9.09. The molecule has 0 saturated carbocycles. The molecule has 2 amide bonds. The lowest BCUT2D eigenvalue weighted by atomic mass is 9.94. The van der Waals surface area contributed by atoms with Crippen molar-refractivity contribution in [2.45, 2.75) is 18.9 Å². The van der Waals surface area contributed by atoms with Crippen molar-refractivity contribution in [3.8, 4) is 0 Å². The summed E-state index contributed by atoms with van der Waals surface area (Å²) in [7, 11) is 3.44. The summed E-state index contributed by atoms with van der Waals surface area (Å²) < 4.78 is 13.0.